The van der Waals surface area contributed by atoms with Gasteiger partial charge in [0.25, 0.3) is 11.6 Å². The van der Waals surface area contributed by atoms with Crippen molar-refractivity contribution < 1.29 is 14.1 Å². The summed E-state index contributed by atoms with van der Waals surface area (Å²) in [5.41, 5.74) is 3.15. The minimum atomic E-state index is -0.519. The molecule has 9 heteroatoms. The molecule has 0 aliphatic heterocycles. The summed E-state index contributed by atoms with van der Waals surface area (Å²) in [5, 5.41) is 14.4. The average Bonchev–Trinajstić information content (AvgIpc) is 3.13. The van der Waals surface area contributed by atoms with E-state index in [0.29, 0.717) is 43.9 Å². The van der Waals surface area contributed by atoms with Gasteiger partial charge in [0, 0.05) is 34.0 Å². The lowest BCUT2D eigenvalue weighted by atomic mass is 10.1. The summed E-state index contributed by atoms with van der Waals surface area (Å²) in [6.45, 7) is 1.82. The first kappa shape index (κ1) is 19.9. The van der Waals surface area contributed by atoms with Crippen molar-refractivity contribution in [2.45, 2.75) is 6.92 Å². The fourth-order valence-electron chi connectivity index (χ4n) is 3.01. The molecule has 1 aromatic heterocycles. The number of non-ortho nitro benzene ring substituents is 1. The molecule has 0 aliphatic carbocycles. The van der Waals surface area contributed by atoms with E-state index in [1.807, 2.05) is 13.0 Å². The maximum Gasteiger partial charge on any atom is 0.269 e. The Morgan fingerprint density at radius 1 is 1.13 bits per heavy atom. The number of amides is 1. The number of carbonyl (C=O) groups excluding carboxylic acids is 1. The van der Waals surface area contributed by atoms with Crippen LogP contribution in [-0.2, 0) is 0 Å². The van der Waals surface area contributed by atoms with Crippen LogP contribution in [0.25, 0.3) is 22.6 Å². The minimum Gasteiger partial charge on any atom is -0.434 e. The molecular weight excluding hydrogens is 429 g/mol. The third-order valence-electron chi connectivity index (χ3n) is 4.56. The van der Waals surface area contributed by atoms with Crippen LogP contribution in [0.1, 0.15) is 15.9 Å². The van der Waals surface area contributed by atoms with Gasteiger partial charge in [-0.15, -0.1) is 0 Å². The molecule has 4 rings (SSSR count). The first-order chi connectivity index (χ1) is 14.3. The van der Waals surface area contributed by atoms with Gasteiger partial charge in [-0.2, -0.15) is 0 Å². The first-order valence-corrected chi connectivity index (χ1v) is 9.50. The molecule has 0 radical (unpaired) electrons. The van der Waals surface area contributed by atoms with Crippen molar-refractivity contribution in [3.8, 4) is 11.5 Å². The summed E-state index contributed by atoms with van der Waals surface area (Å²) in [6.07, 6.45) is 0. The van der Waals surface area contributed by atoms with Crippen molar-refractivity contribution >= 4 is 51.6 Å². The number of carbonyl (C=O) groups is 1. The summed E-state index contributed by atoms with van der Waals surface area (Å²) in [6, 6.07) is 13.9. The minimum absolute atomic E-state index is 0.0838. The highest BCUT2D eigenvalue weighted by atomic mass is 35.5. The number of aromatic nitrogens is 1. The fourth-order valence-corrected chi connectivity index (χ4v) is 3.53. The van der Waals surface area contributed by atoms with Crippen molar-refractivity contribution in [1.29, 1.82) is 0 Å². The van der Waals surface area contributed by atoms with Gasteiger partial charge in [0.15, 0.2) is 5.58 Å². The molecule has 4 aromatic rings. The number of hydrogen-bond donors (Lipinski definition) is 1. The van der Waals surface area contributed by atoms with Crippen molar-refractivity contribution in [2.24, 2.45) is 0 Å². The predicted molar refractivity (Wildman–Crippen MR) is 115 cm³/mol. The summed E-state index contributed by atoms with van der Waals surface area (Å²) in [4.78, 5) is 27.3. The van der Waals surface area contributed by atoms with Gasteiger partial charge in [0.2, 0.25) is 5.89 Å². The number of oxazole rings is 1. The third-order valence-corrected chi connectivity index (χ3v) is 5.06. The van der Waals surface area contributed by atoms with Crippen LogP contribution in [-0.4, -0.2) is 15.8 Å². The molecule has 0 saturated heterocycles. The number of nitrogens with one attached hydrogen (secondary N) is 1. The highest BCUT2D eigenvalue weighted by Gasteiger charge is 2.17. The fraction of sp³-hybridized carbons (Fsp3) is 0.0476. The zero-order valence-corrected chi connectivity index (χ0v) is 17.0. The summed E-state index contributed by atoms with van der Waals surface area (Å²) in [5.74, 6) is -0.0457. The van der Waals surface area contributed by atoms with Crippen LogP contribution in [0.3, 0.4) is 0 Å². The number of nitro groups is 1. The number of nitrogens with zero attached hydrogens (tertiary/aromatic N) is 2. The van der Waals surface area contributed by atoms with E-state index in [-0.39, 0.29) is 5.69 Å². The normalized spacial score (nSPS) is 10.9. The quantitative estimate of drug-likeness (QED) is 0.297. The molecule has 3 aromatic carbocycles. The van der Waals surface area contributed by atoms with Gasteiger partial charge in [0.05, 0.1) is 9.95 Å². The molecule has 0 saturated carbocycles. The Kier molecular flexibility index (Phi) is 5.15. The van der Waals surface area contributed by atoms with E-state index in [2.05, 4.69) is 10.3 Å². The summed E-state index contributed by atoms with van der Waals surface area (Å²) >= 11 is 12.2. The summed E-state index contributed by atoms with van der Waals surface area (Å²) < 4.78 is 5.82. The molecule has 7 nitrogen and oxygen atoms in total. The Bertz CT molecular complexity index is 1300. The van der Waals surface area contributed by atoms with Gasteiger partial charge >= 0.3 is 0 Å². The van der Waals surface area contributed by atoms with E-state index in [0.717, 1.165) is 5.56 Å². The van der Waals surface area contributed by atoms with E-state index < -0.39 is 10.8 Å². The van der Waals surface area contributed by atoms with E-state index in [1.54, 1.807) is 24.3 Å². The Labute approximate surface area is 180 Å². The lowest BCUT2D eigenvalue weighted by Crippen LogP contribution is -2.13. The Hall–Kier alpha value is -3.42. The van der Waals surface area contributed by atoms with E-state index >= 15 is 0 Å². The second-order valence-corrected chi connectivity index (χ2v) is 7.33. The van der Waals surface area contributed by atoms with Gasteiger partial charge in [0.1, 0.15) is 5.52 Å². The molecule has 0 spiro atoms. The molecule has 1 amide bonds. The van der Waals surface area contributed by atoms with Crippen LogP contribution >= 0.6 is 23.2 Å². The SMILES string of the molecule is Cc1c(NC(=O)c2ccc([N+](=O)[O-])cc2)cccc1-c1nc2cc(Cl)cc(Cl)c2o1. The molecule has 1 N–H and O–H groups in total. The first-order valence-electron chi connectivity index (χ1n) is 8.75. The van der Waals surface area contributed by atoms with Crippen LogP contribution < -0.4 is 5.32 Å². The topological polar surface area (TPSA) is 98.3 Å². The highest BCUT2D eigenvalue weighted by Crippen LogP contribution is 2.34. The van der Waals surface area contributed by atoms with Crippen LogP contribution in [0, 0.1) is 17.0 Å². The van der Waals surface area contributed by atoms with Gasteiger partial charge < -0.3 is 9.73 Å². The van der Waals surface area contributed by atoms with Gasteiger partial charge in [-0.3, -0.25) is 14.9 Å². The molecule has 0 atom stereocenters. The van der Waals surface area contributed by atoms with Crippen molar-refractivity contribution in [1.82, 2.24) is 4.98 Å². The van der Waals surface area contributed by atoms with Crippen LogP contribution in [0.5, 0.6) is 0 Å². The molecule has 0 unspecified atom stereocenters. The van der Waals surface area contributed by atoms with Gasteiger partial charge in [-0.1, -0.05) is 29.3 Å². The number of anilines is 1. The summed E-state index contributed by atoms with van der Waals surface area (Å²) in [7, 11) is 0. The number of nitro benzene ring substituents is 1. The molecule has 30 heavy (non-hydrogen) atoms. The Morgan fingerprint density at radius 2 is 1.87 bits per heavy atom. The number of rotatable bonds is 4. The van der Waals surface area contributed by atoms with Gasteiger partial charge in [-0.25, -0.2) is 4.98 Å². The van der Waals surface area contributed by atoms with Crippen molar-refractivity contribution in [2.75, 3.05) is 5.32 Å². The van der Waals surface area contributed by atoms with E-state index in [4.69, 9.17) is 27.6 Å². The van der Waals surface area contributed by atoms with Crippen LogP contribution in [0.15, 0.2) is 59.0 Å². The second-order valence-electron chi connectivity index (χ2n) is 6.49. The van der Waals surface area contributed by atoms with E-state index in [9.17, 15) is 14.9 Å². The number of fused-ring (bicyclic) bond motifs is 1. The highest BCUT2D eigenvalue weighted by molar-refractivity contribution is 6.38. The smallest absolute Gasteiger partial charge is 0.269 e. The maximum atomic E-state index is 12.6. The lowest BCUT2D eigenvalue weighted by molar-refractivity contribution is -0.384. The average molecular weight is 442 g/mol. The van der Waals surface area contributed by atoms with Crippen LogP contribution in [0.4, 0.5) is 11.4 Å². The molecule has 0 aliphatic rings. The zero-order chi connectivity index (χ0) is 21.4. The third kappa shape index (κ3) is 3.72. The predicted octanol–water partition coefficient (Wildman–Crippen LogP) is 6.27. The van der Waals surface area contributed by atoms with Crippen molar-refractivity contribution in [3.63, 3.8) is 0 Å². The zero-order valence-electron chi connectivity index (χ0n) is 15.5. The monoisotopic (exact) mass is 441 g/mol. The molecule has 0 bridgehead atoms. The number of hydrogen-bond acceptors (Lipinski definition) is 5. The standard InChI is InChI=1S/C21H13Cl2N3O4/c1-11-15(21-25-18-10-13(22)9-16(23)19(18)30-21)3-2-4-17(11)24-20(27)12-5-7-14(8-6-12)26(28)29/h2-10H,1H3,(H,24,27). The van der Waals surface area contributed by atoms with E-state index in [1.165, 1.54) is 24.3 Å². The second kappa shape index (κ2) is 7.78. The Balaban J connectivity index is 1.65. The van der Waals surface area contributed by atoms with Crippen LogP contribution in [0.2, 0.25) is 10.0 Å². The lowest BCUT2D eigenvalue weighted by Gasteiger charge is -2.11. The maximum absolute atomic E-state index is 12.6. The van der Waals surface area contributed by atoms with Gasteiger partial charge in [-0.05, 0) is 48.9 Å². The Morgan fingerprint density at radius 3 is 2.57 bits per heavy atom. The molecule has 1 heterocycles. The molecule has 0 fully saturated rings. The number of benzene rings is 3. The van der Waals surface area contributed by atoms with Crippen molar-refractivity contribution in [3.05, 3.63) is 85.9 Å². The molecular formula is C21H13Cl2N3O4. The largest absolute Gasteiger partial charge is 0.434 e. The molecule has 150 valence electrons. The number of halogens is 2.